The summed E-state index contributed by atoms with van der Waals surface area (Å²) < 4.78 is 11.2. The predicted molar refractivity (Wildman–Crippen MR) is 60.8 cm³/mol. The normalized spacial score (nSPS) is 11.9. The Morgan fingerprint density at radius 1 is 1.00 bits per heavy atom. The van der Waals surface area contributed by atoms with Crippen molar-refractivity contribution in [3.05, 3.63) is 0 Å². The first-order chi connectivity index (χ1) is 6.06. The van der Waals surface area contributed by atoms with Crippen LogP contribution in [0.15, 0.2) is 0 Å². The van der Waals surface area contributed by atoms with Crippen LogP contribution in [0.3, 0.4) is 0 Å². The Labute approximate surface area is 82.9 Å². The highest BCUT2D eigenvalue weighted by molar-refractivity contribution is 7.60. The van der Waals surface area contributed by atoms with E-state index < -0.39 is 7.29 Å². The minimum atomic E-state index is -1.98. The van der Waals surface area contributed by atoms with Gasteiger partial charge in [0.15, 0.2) is 0 Å². The molecule has 0 aliphatic rings. The second-order valence-electron chi connectivity index (χ2n) is 4.03. The van der Waals surface area contributed by atoms with Gasteiger partial charge < -0.3 is 4.57 Å². The molecule has 0 rings (SSSR count). The summed E-state index contributed by atoms with van der Waals surface area (Å²) in [5.74, 6) is 0. The van der Waals surface area contributed by atoms with E-state index in [4.69, 9.17) is 0 Å². The van der Waals surface area contributed by atoms with Gasteiger partial charge in [0.1, 0.15) is 7.29 Å². The van der Waals surface area contributed by atoms with E-state index >= 15 is 0 Å². The first kappa shape index (κ1) is 13.2. The lowest BCUT2D eigenvalue weighted by Crippen LogP contribution is -2.10. The molecule has 80 valence electrons. The molecule has 13 heavy (non-hydrogen) atoms. The van der Waals surface area contributed by atoms with Gasteiger partial charge in [0.25, 0.3) is 0 Å². The fourth-order valence-electron chi connectivity index (χ4n) is 1.25. The first-order valence-corrected chi connectivity index (χ1v) is 7.96. The van der Waals surface area contributed by atoms with Gasteiger partial charge in [-0.1, -0.05) is 39.0 Å². The highest BCUT2D eigenvalue weighted by atomic mass is 31.2. The Bertz CT molecular complexity index is 153. The maximum Gasteiger partial charge on any atom is 0.141 e. The van der Waals surface area contributed by atoms with Gasteiger partial charge in [-0.25, -0.2) is 0 Å². The third kappa shape index (κ3) is 12.2. The number of unbranched alkanes of at least 4 members (excludes halogenated alkanes) is 5. The lowest BCUT2D eigenvalue weighted by Gasteiger charge is -2.08. The van der Waals surface area contributed by atoms with Crippen molar-refractivity contribution in [3.8, 4) is 0 Å². The minimum absolute atomic E-state index is 0.913. The van der Waals surface area contributed by atoms with Gasteiger partial charge in [-0.3, -0.25) is 5.09 Å². The van der Waals surface area contributed by atoms with Crippen LogP contribution in [0, 0.1) is 0 Å². The lowest BCUT2D eigenvalue weighted by molar-refractivity contribution is 0.564. The monoisotopic (exact) mass is 205 g/mol. The van der Waals surface area contributed by atoms with E-state index in [1.54, 1.807) is 13.3 Å². The molecular formula is C10H24NOP. The van der Waals surface area contributed by atoms with Crippen LogP contribution >= 0.6 is 7.29 Å². The topological polar surface area (TPSA) is 29.1 Å². The molecule has 1 N–H and O–H groups in total. The molecule has 0 aromatic carbocycles. The maximum atomic E-state index is 11.2. The van der Waals surface area contributed by atoms with E-state index in [2.05, 4.69) is 12.0 Å². The molecule has 0 spiro atoms. The molecule has 0 unspecified atom stereocenters. The van der Waals surface area contributed by atoms with Gasteiger partial charge in [0.05, 0.1) is 0 Å². The summed E-state index contributed by atoms with van der Waals surface area (Å²) in [7, 11) is -1.98. The Morgan fingerprint density at radius 3 is 2.08 bits per heavy atom. The third-order valence-corrected chi connectivity index (χ3v) is 3.01. The quantitative estimate of drug-likeness (QED) is 0.485. The second-order valence-corrected chi connectivity index (χ2v) is 7.04. The molecule has 3 heteroatoms. The van der Waals surface area contributed by atoms with Crippen molar-refractivity contribution >= 4 is 7.29 Å². The average Bonchev–Trinajstić information content (AvgIpc) is 2.01. The molecule has 0 radical (unpaired) electrons. The van der Waals surface area contributed by atoms with E-state index in [0.29, 0.717) is 0 Å². The van der Waals surface area contributed by atoms with Gasteiger partial charge in [0.2, 0.25) is 0 Å². The summed E-state index contributed by atoms with van der Waals surface area (Å²) in [6, 6.07) is 0. The van der Waals surface area contributed by atoms with E-state index in [0.717, 1.165) is 13.0 Å². The van der Waals surface area contributed by atoms with Crippen LogP contribution in [-0.2, 0) is 4.57 Å². The second kappa shape index (κ2) is 7.58. The van der Waals surface area contributed by atoms with Crippen LogP contribution in [0.4, 0.5) is 0 Å². The van der Waals surface area contributed by atoms with Crippen LogP contribution in [0.2, 0.25) is 0 Å². The maximum absolute atomic E-state index is 11.2. The summed E-state index contributed by atoms with van der Waals surface area (Å²) in [5, 5.41) is 3.07. The number of hydrogen-bond donors (Lipinski definition) is 1. The van der Waals surface area contributed by atoms with E-state index in [1.807, 2.05) is 0 Å². The van der Waals surface area contributed by atoms with Crippen LogP contribution in [0.5, 0.6) is 0 Å². The highest BCUT2D eigenvalue weighted by Gasteiger charge is 2.03. The van der Waals surface area contributed by atoms with Gasteiger partial charge in [-0.2, -0.15) is 0 Å². The fraction of sp³-hybridized carbons (Fsp3) is 1.00. The predicted octanol–water partition coefficient (Wildman–Crippen LogP) is 3.47. The summed E-state index contributed by atoms with van der Waals surface area (Å²) in [6.45, 7) is 6.70. The zero-order valence-corrected chi connectivity index (χ0v) is 10.2. The third-order valence-electron chi connectivity index (χ3n) is 2.02. The molecule has 0 saturated carbocycles. The molecule has 0 atom stereocenters. The fourth-order valence-corrected chi connectivity index (χ4v) is 1.95. The Hall–Kier alpha value is 0.190. The van der Waals surface area contributed by atoms with Gasteiger partial charge in [-0.15, -0.1) is 0 Å². The van der Waals surface area contributed by atoms with Crippen LogP contribution < -0.4 is 5.09 Å². The van der Waals surface area contributed by atoms with E-state index in [-0.39, 0.29) is 0 Å². The average molecular weight is 205 g/mol. The summed E-state index contributed by atoms with van der Waals surface area (Å²) in [5.41, 5.74) is 0. The summed E-state index contributed by atoms with van der Waals surface area (Å²) >= 11 is 0. The van der Waals surface area contributed by atoms with Crippen LogP contribution in [-0.4, -0.2) is 19.9 Å². The molecule has 2 nitrogen and oxygen atoms in total. The molecular weight excluding hydrogens is 181 g/mol. The van der Waals surface area contributed by atoms with Gasteiger partial charge >= 0.3 is 0 Å². The molecule has 0 aliphatic heterocycles. The van der Waals surface area contributed by atoms with E-state index in [9.17, 15) is 4.57 Å². The SMILES string of the molecule is CCCCCCCCNP(C)(C)=O. The molecule has 0 aromatic rings. The Balaban J connectivity index is 3.04. The zero-order valence-electron chi connectivity index (χ0n) is 9.31. The van der Waals surface area contributed by atoms with Crippen molar-refractivity contribution in [3.63, 3.8) is 0 Å². The van der Waals surface area contributed by atoms with Gasteiger partial charge in [-0.05, 0) is 6.42 Å². The zero-order chi connectivity index (χ0) is 10.2. The molecule has 0 amide bonds. The summed E-state index contributed by atoms with van der Waals surface area (Å²) in [4.78, 5) is 0. The first-order valence-electron chi connectivity index (χ1n) is 5.36. The van der Waals surface area contributed by atoms with E-state index in [1.165, 1.54) is 32.1 Å². The van der Waals surface area contributed by atoms with Crippen molar-refractivity contribution in [1.29, 1.82) is 0 Å². The standard InChI is InChI=1S/C10H24NOP/c1-4-5-6-7-8-9-10-11-13(2,3)12/h4-10H2,1-3H3,(H,11,12). The molecule has 0 aliphatic carbocycles. The lowest BCUT2D eigenvalue weighted by atomic mass is 10.1. The molecule has 0 bridgehead atoms. The summed E-state index contributed by atoms with van der Waals surface area (Å²) in [6.07, 6.45) is 7.77. The van der Waals surface area contributed by atoms with Crippen LogP contribution in [0.1, 0.15) is 45.4 Å². The van der Waals surface area contributed by atoms with Crippen molar-refractivity contribution < 1.29 is 4.57 Å². The van der Waals surface area contributed by atoms with Crippen molar-refractivity contribution in [2.75, 3.05) is 19.9 Å². The van der Waals surface area contributed by atoms with Gasteiger partial charge in [0, 0.05) is 19.9 Å². The highest BCUT2D eigenvalue weighted by Crippen LogP contribution is 2.29. The van der Waals surface area contributed by atoms with Crippen molar-refractivity contribution in [1.82, 2.24) is 5.09 Å². The number of nitrogens with one attached hydrogen (secondary N) is 1. The molecule has 0 heterocycles. The number of rotatable bonds is 8. The minimum Gasteiger partial charge on any atom is -0.307 e. The molecule has 0 aromatic heterocycles. The molecule has 0 fully saturated rings. The van der Waals surface area contributed by atoms with Crippen molar-refractivity contribution in [2.45, 2.75) is 45.4 Å². The smallest absolute Gasteiger partial charge is 0.141 e. The Morgan fingerprint density at radius 2 is 1.54 bits per heavy atom. The Kier molecular flexibility index (Phi) is 7.69. The largest absolute Gasteiger partial charge is 0.307 e. The number of hydrogen-bond acceptors (Lipinski definition) is 1. The van der Waals surface area contributed by atoms with Crippen LogP contribution in [0.25, 0.3) is 0 Å². The van der Waals surface area contributed by atoms with Crippen molar-refractivity contribution in [2.24, 2.45) is 0 Å². The molecule has 0 saturated heterocycles.